The fourth-order valence-electron chi connectivity index (χ4n) is 2.82. The smallest absolute Gasteiger partial charge is 0.372 e. The molecule has 0 aliphatic heterocycles. The number of anilines is 1. The molecular formula is C19H32N7+. The number of unbranched alkanes of at least 4 members (excludes halogenated alkanes) is 2. The summed E-state index contributed by atoms with van der Waals surface area (Å²) in [6.45, 7) is 3.52. The number of nitrogens with zero attached hydrogens (tertiary/aromatic N) is 5. The number of nitrogens with two attached hydrogens (primary N) is 2. The van der Waals surface area contributed by atoms with E-state index in [9.17, 15) is 0 Å². The molecule has 0 saturated carbocycles. The maximum atomic E-state index is 5.63. The van der Waals surface area contributed by atoms with E-state index in [1.165, 1.54) is 5.69 Å². The van der Waals surface area contributed by atoms with Gasteiger partial charge in [-0.2, -0.15) is 0 Å². The van der Waals surface area contributed by atoms with E-state index in [0.717, 1.165) is 63.5 Å². The van der Waals surface area contributed by atoms with Crippen LogP contribution < -0.4 is 20.9 Å². The van der Waals surface area contributed by atoms with Gasteiger partial charge >= 0.3 is 5.95 Å². The summed E-state index contributed by atoms with van der Waals surface area (Å²) in [4.78, 5) is 2.41. The van der Waals surface area contributed by atoms with E-state index < -0.39 is 0 Å². The van der Waals surface area contributed by atoms with Crippen molar-refractivity contribution in [3.63, 3.8) is 0 Å². The maximum Gasteiger partial charge on any atom is 0.421 e. The number of hydrogen-bond acceptors (Lipinski definition) is 5. The third-order valence-corrected chi connectivity index (χ3v) is 4.38. The van der Waals surface area contributed by atoms with Crippen molar-refractivity contribution in [2.45, 2.75) is 25.7 Å². The Morgan fingerprint density at radius 2 is 1.58 bits per heavy atom. The van der Waals surface area contributed by atoms with Crippen LogP contribution in [-0.4, -0.2) is 30.7 Å². The predicted octanol–water partition coefficient (Wildman–Crippen LogP) is 2.55. The largest absolute Gasteiger partial charge is 0.421 e. The SMILES string of the molecule is Cn1cc[n+](C)c1N=Nc1ccc(N(CCCCN)CCCCN)cc1. The number of rotatable bonds is 11. The second-order valence-electron chi connectivity index (χ2n) is 6.51. The van der Waals surface area contributed by atoms with E-state index in [1.807, 2.05) is 47.8 Å². The lowest BCUT2D eigenvalue weighted by Gasteiger charge is -2.25. The fourth-order valence-corrected chi connectivity index (χ4v) is 2.82. The molecule has 2 rings (SSSR count). The summed E-state index contributed by atoms with van der Waals surface area (Å²) in [6.07, 6.45) is 8.21. The van der Waals surface area contributed by atoms with E-state index >= 15 is 0 Å². The van der Waals surface area contributed by atoms with Gasteiger partial charge < -0.3 is 16.4 Å². The molecule has 0 atom stereocenters. The Labute approximate surface area is 156 Å². The van der Waals surface area contributed by atoms with Crippen LogP contribution in [-0.2, 0) is 14.1 Å². The van der Waals surface area contributed by atoms with Crippen LogP contribution in [0.2, 0.25) is 0 Å². The molecular weight excluding hydrogens is 326 g/mol. The van der Waals surface area contributed by atoms with Crippen LogP contribution in [0.3, 0.4) is 0 Å². The Morgan fingerprint density at radius 1 is 0.962 bits per heavy atom. The average molecular weight is 359 g/mol. The van der Waals surface area contributed by atoms with E-state index in [4.69, 9.17) is 11.5 Å². The Hall–Kier alpha value is -2.25. The first-order valence-corrected chi connectivity index (χ1v) is 9.33. The van der Waals surface area contributed by atoms with Crippen LogP contribution in [0.4, 0.5) is 17.3 Å². The average Bonchev–Trinajstić information content (AvgIpc) is 2.97. The van der Waals surface area contributed by atoms with Gasteiger partial charge in [0, 0.05) is 23.9 Å². The molecule has 0 spiro atoms. The molecule has 0 aliphatic rings. The van der Waals surface area contributed by atoms with Crippen LogP contribution in [0.25, 0.3) is 0 Å². The number of hydrogen-bond donors (Lipinski definition) is 2. The first kappa shape index (κ1) is 20.1. The Bertz CT molecular complexity index is 646. The minimum Gasteiger partial charge on any atom is -0.372 e. The summed E-state index contributed by atoms with van der Waals surface area (Å²) in [7, 11) is 3.91. The number of aromatic nitrogens is 2. The van der Waals surface area contributed by atoms with Gasteiger partial charge in [0.2, 0.25) is 0 Å². The summed E-state index contributed by atoms with van der Waals surface area (Å²) in [5.41, 5.74) is 13.3. The summed E-state index contributed by atoms with van der Waals surface area (Å²) >= 11 is 0. The third kappa shape index (κ3) is 5.93. The lowest BCUT2D eigenvalue weighted by Crippen LogP contribution is -2.26. The molecule has 1 aromatic carbocycles. The lowest BCUT2D eigenvalue weighted by molar-refractivity contribution is -0.657. The minimum absolute atomic E-state index is 0.743. The van der Waals surface area contributed by atoms with Crippen molar-refractivity contribution in [2.75, 3.05) is 31.1 Å². The van der Waals surface area contributed by atoms with Gasteiger partial charge in [-0.1, -0.05) is 5.11 Å². The zero-order valence-corrected chi connectivity index (χ0v) is 16.0. The molecule has 0 unspecified atom stereocenters. The van der Waals surface area contributed by atoms with Crippen molar-refractivity contribution in [3.8, 4) is 0 Å². The molecule has 2 aromatic rings. The zero-order valence-electron chi connectivity index (χ0n) is 16.0. The van der Waals surface area contributed by atoms with E-state index in [-0.39, 0.29) is 0 Å². The van der Waals surface area contributed by atoms with Crippen molar-refractivity contribution >= 4 is 17.3 Å². The molecule has 0 bridgehead atoms. The Morgan fingerprint density at radius 3 is 2.08 bits per heavy atom. The monoisotopic (exact) mass is 358 g/mol. The quantitative estimate of drug-likeness (QED) is 0.367. The molecule has 0 amide bonds. The molecule has 1 heterocycles. The van der Waals surface area contributed by atoms with Gasteiger partial charge in [-0.15, -0.1) is 0 Å². The topological polar surface area (TPSA) is 88.8 Å². The van der Waals surface area contributed by atoms with Crippen LogP contribution in [0.1, 0.15) is 25.7 Å². The second-order valence-corrected chi connectivity index (χ2v) is 6.51. The first-order valence-electron chi connectivity index (χ1n) is 9.33. The molecule has 0 fully saturated rings. The highest BCUT2D eigenvalue weighted by Gasteiger charge is 2.11. The highest BCUT2D eigenvalue weighted by molar-refractivity contribution is 5.52. The third-order valence-electron chi connectivity index (χ3n) is 4.38. The van der Waals surface area contributed by atoms with Gasteiger partial charge in [0.25, 0.3) is 0 Å². The molecule has 1 aromatic heterocycles. The number of aryl methyl sites for hydroxylation is 2. The molecule has 0 saturated heterocycles. The van der Waals surface area contributed by atoms with Gasteiger partial charge in [-0.3, -0.25) is 0 Å². The Balaban J connectivity index is 2.03. The number of imidazole rings is 1. The van der Waals surface area contributed by atoms with Crippen molar-refractivity contribution in [1.29, 1.82) is 0 Å². The molecule has 4 N–H and O–H groups in total. The number of azo groups is 1. The summed E-state index contributed by atoms with van der Waals surface area (Å²) in [5, 5.41) is 8.69. The van der Waals surface area contributed by atoms with Crippen molar-refractivity contribution in [3.05, 3.63) is 36.7 Å². The summed E-state index contributed by atoms with van der Waals surface area (Å²) in [6, 6.07) is 8.26. The van der Waals surface area contributed by atoms with Gasteiger partial charge in [-0.25, -0.2) is 9.13 Å². The van der Waals surface area contributed by atoms with Crippen molar-refractivity contribution in [1.82, 2.24) is 4.57 Å². The standard InChI is InChI=1S/C19H32N7/c1-24-15-16-25(2)19(24)23-22-17-7-9-18(10-8-17)26(13-5-3-11-20)14-6-4-12-21/h7-10,15-16H,3-6,11-14,20-21H2,1-2H3/q+1. The minimum atomic E-state index is 0.743. The predicted molar refractivity (Wildman–Crippen MR) is 106 cm³/mol. The van der Waals surface area contributed by atoms with Crippen molar-refractivity contribution < 1.29 is 4.57 Å². The molecule has 0 aliphatic carbocycles. The molecule has 0 radical (unpaired) electrons. The van der Waals surface area contributed by atoms with Gasteiger partial charge in [0.1, 0.15) is 5.69 Å². The fraction of sp³-hybridized carbons (Fsp3) is 0.526. The van der Waals surface area contributed by atoms with Crippen LogP contribution in [0.5, 0.6) is 0 Å². The normalized spacial score (nSPS) is 11.4. The highest BCUT2D eigenvalue weighted by Crippen LogP contribution is 2.22. The van der Waals surface area contributed by atoms with E-state index in [2.05, 4.69) is 27.3 Å². The molecule has 26 heavy (non-hydrogen) atoms. The van der Waals surface area contributed by atoms with Crippen molar-refractivity contribution in [2.24, 2.45) is 35.8 Å². The lowest BCUT2D eigenvalue weighted by atomic mass is 10.2. The van der Waals surface area contributed by atoms with E-state index in [0.29, 0.717) is 0 Å². The van der Waals surface area contributed by atoms with E-state index in [1.54, 1.807) is 0 Å². The van der Waals surface area contributed by atoms with Gasteiger partial charge in [0.15, 0.2) is 0 Å². The highest BCUT2D eigenvalue weighted by atomic mass is 15.3. The Kier molecular flexibility index (Phi) is 8.24. The summed E-state index contributed by atoms with van der Waals surface area (Å²) < 4.78 is 3.88. The molecule has 142 valence electrons. The molecule has 7 nitrogen and oxygen atoms in total. The first-order chi connectivity index (χ1) is 12.7. The van der Waals surface area contributed by atoms with Gasteiger partial charge in [0.05, 0.1) is 26.5 Å². The summed E-state index contributed by atoms with van der Waals surface area (Å²) in [5.74, 6) is 0.805. The number of benzene rings is 1. The van der Waals surface area contributed by atoms with Gasteiger partial charge in [-0.05, 0) is 63.0 Å². The van der Waals surface area contributed by atoms with Crippen LogP contribution in [0, 0.1) is 0 Å². The molecule has 7 heteroatoms. The zero-order chi connectivity index (χ0) is 18.8. The van der Waals surface area contributed by atoms with Crippen LogP contribution >= 0.6 is 0 Å². The maximum absolute atomic E-state index is 5.63. The second kappa shape index (κ2) is 10.7. The van der Waals surface area contributed by atoms with Crippen LogP contribution in [0.15, 0.2) is 46.9 Å².